The van der Waals surface area contributed by atoms with Crippen molar-refractivity contribution in [1.82, 2.24) is 5.32 Å². The second kappa shape index (κ2) is 21.6. The fourth-order valence-corrected chi connectivity index (χ4v) is 4.74. The topological polar surface area (TPSA) is 116 Å². The normalized spacial score (nSPS) is 13.2. The molecule has 4 N–H and O–H groups in total. The maximum absolute atomic E-state index is 12.0. The molecule has 0 saturated heterocycles. The number of aliphatic hydroxyl groups excluding tert-OH is 1. The van der Waals surface area contributed by atoms with E-state index in [1.165, 1.54) is 83.5 Å². The van der Waals surface area contributed by atoms with E-state index in [4.69, 9.17) is 9.79 Å². The van der Waals surface area contributed by atoms with Crippen LogP contribution in [-0.2, 0) is 13.9 Å². The number of phosphoric ester groups is 1. The van der Waals surface area contributed by atoms with Crippen LogP contribution in [0.5, 0.6) is 0 Å². The Kier molecular flexibility index (Phi) is 21.3. The monoisotopic (exact) mass is 523 g/mol. The van der Waals surface area contributed by atoms with E-state index in [1.54, 1.807) is 0 Å². The van der Waals surface area contributed by atoms with Crippen LogP contribution in [0.2, 0.25) is 0 Å². The fourth-order valence-electron chi connectivity index (χ4n) is 4.38. The molecule has 0 aliphatic carbocycles. The summed E-state index contributed by atoms with van der Waals surface area (Å²) < 4.78 is 15.5. The van der Waals surface area contributed by atoms with E-state index in [2.05, 4.69) is 16.8 Å². The van der Waals surface area contributed by atoms with E-state index in [-0.39, 0.29) is 5.91 Å². The zero-order valence-corrected chi connectivity index (χ0v) is 23.8. The highest BCUT2D eigenvalue weighted by atomic mass is 31.2. The Labute approximate surface area is 215 Å². The Balaban J connectivity index is 3.51. The molecule has 0 aromatic carbocycles. The standard InChI is InChI=1S/C26H55N2O6P/c1-4-5-6-7-8-9-10-11-12-13-14-15-16-17-18-20-26(30)27-21-19-22-28(2,3)23-25(29)24-34-35(31,32)33/h25,29H,4-24H2,1-3H3,(H2-,27,30,31,32,33)/p+1. The molecule has 9 heteroatoms. The fraction of sp³-hybridized carbons (Fsp3) is 0.962. The molecule has 0 saturated carbocycles. The summed E-state index contributed by atoms with van der Waals surface area (Å²) in [5, 5.41) is 12.9. The van der Waals surface area contributed by atoms with Gasteiger partial charge in [-0.15, -0.1) is 0 Å². The molecule has 0 aromatic heterocycles. The second-order valence-electron chi connectivity index (χ2n) is 10.7. The summed E-state index contributed by atoms with van der Waals surface area (Å²) in [7, 11) is -0.708. The highest BCUT2D eigenvalue weighted by Gasteiger charge is 2.23. The van der Waals surface area contributed by atoms with Crippen molar-refractivity contribution in [2.45, 2.75) is 122 Å². The van der Waals surface area contributed by atoms with E-state index in [0.717, 1.165) is 25.8 Å². The summed E-state index contributed by atoms with van der Waals surface area (Å²) in [6, 6.07) is 0. The van der Waals surface area contributed by atoms with Crippen molar-refractivity contribution in [2.75, 3.05) is 40.3 Å². The second-order valence-corrected chi connectivity index (χ2v) is 11.9. The van der Waals surface area contributed by atoms with Crippen molar-refractivity contribution >= 4 is 13.7 Å². The molecule has 0 fully saturated rings. The quantitative estimate of drug-likeness (QED) is 0.0733. The molecule has 0 radical (unpaired) electrons. The van der Waals surface area contributed by atoms with Gasteiger partial charge in [0.15, 0.2) is 0 Å². The van der Waals surface area contributed by atoms with Gasteiger partial charge in [-0.1, -0.05) is 96.8 Å². The number of aliphatic hydroxyl groups is 1. The number of unbranched alkanes of at least 4 members (excludes halogenated alkanes) is 14. The van der Waals surface area contributed by atoms with Gasteiger partial charge in [0, 0.05) is 19.4 Å². The number of likely N-dealkylation sites (N-methyl/N-ethyl adjacent to an activating group) is 1. The maximum atomic E-state index is 12.0. The first kappa shape index (κ1) is 34.5. The van der Waals surface area contributed by atoms with E-state index >= 15 is 0 Å². The van der Waals surface area contributed by atoms with Crippen molar-refractivity contribution in [3.05, 3.63) is 0 Å². The predicted octanol–water partition coefficient (Wildman–Crippen LogP) is 5.30. The van der Waals surface area contributed by atoms with Gasteiger partial charge in [-0.3, -0.25) is 9.32 Å². The number of phosphoric acid groups is 1. The summed E-state index contributed by atoms with van der Waals surface area (Å²) in [5.74, 6) is 0.0973. The molecule has 1 amide bonds. The maximum Gasteiger partial charge on any atom is 0.469 e. The molecule has 0 aromatic rings. The number of hydrogen-bond donors (Lipinski definition) is 4. The first-order chi connectivity index (χ1) is 16.6. The molecule has 0 bridgehead atoms. The van der Waals surface area contributed by atoms with Crippen LogP contribution in [0.3, 0.4) is 0 Å². The number of carbonyl (C=O) groups is 1. The van der Waals surface area contributed by atoms with Crippen LogP contribution in [-0.4, -0.2) is 71.7 Å². The number of amides is 1. The third kappa shape index (κ3) is 26.4. The molecule has 8 nitrogen and oxygen atoms in total. The molecule has 1 unspecified atom stereocenters. The Morgan fingerprint density at radius 2 is 1.29 bits per heavy atom. The highest BCUT2D eigenvalue weighted by Crippen LogP contribution is 2.35. The van der Waals surface area contributed by atoms with Gasteiger partial charge >= 0.3 is 7.82 Å². The minimum Gasteiger partial charge on any atom is -0.385 e. The van der Waals surface area contributed by atoms with E-state index in [9.17, 15) is 14.5 Å². The summed E-state index contributed by atoms with van der Waals surface area (Å²) >= 11 is 0. The van der Waals surface area contributed by atoms with Gasteiger partial charge in [-0.2, -0.15) is 0 Å². The van der Waals surface area contributed by atoms with Crippen LogP contribution in [0.25, 0.3) is 0 Å². The Morgan fingerprint density at radius 1 is 0.829 bits per heavy atom. The predicted molar refractivity (Wildman–Crippen MR) is 143 cm³/mol. The van der Waals surface area contributed by atoms with E-state index in [1.807, 2.05) is 14.1 Å². The third-order valence-corrected chi connectivity index (χ3v) is 6.90. The summed E-state index contributed by atoms with van der Waals surface area (Å²) in [6.45, 7) is 3.50. The molecule has 0 heterocycles. The summed E-state index contributed by atoms with van der Waals surface area (Å²) in [5.41, 5.74) is 0. The zero-order chi connectivity index (χ0) is 26.4. The van der Waals surface area contributed by atoms with Crippen LogP contribution in [0.1, 0.15) is 116 Å². The SMILES string of the molecule is CCCCCCCCCCCCCCCCCC(=O)NCCC[N+](C)(C)CC(O)COP(=O)(O)O. The largest absolute Gasteiger partial charge is 0.469 e. The van der Waals surface area contributed by atoms with Crippen molar-refractivity contribution in [3.8, 4) is 0 Å². The van der Waals surface area contributed by atoms with Crippen LogP contribution in [0, 0.1) is 0 Å². The van der Waals surface area contributed by atoms with Crippen molar-refractivity contribution in [1.29, 1.82) is 0 Å². The third-order valence-electron chi connectivity index (χ3n) is 6.41. The highest BCUT2D eigenvalue weighted by molar-refractivity contribution is 7.46. The van der Waals surface area contributed by atoms with Gasteiger partial charge in [0.2, 0.25) is 5.91 Å². The molecule has 210 valence electrons. The van der Waals surface area contributed by atoms with Gasteiger partial charge in [0.25, 0.3) is 0 Å². The Bertz CT molecular complexity index is 556. The van der Waals surface area contributed by atoms with Crippen LogP contribution in [0.15, 0.2) is 0 Å². The lowest BCUT2D eigenvalue weighted by atomic mass is 10.0. The Hall–Kier alpha value is -0.500. The Morgan fingerprint density at radius 3 is 1.74 bits per heavy atom. The van der Waals surface area contributed by atoms with E-state index in [0.29, 0.717) is 24.0 Å². The van der Waals surface area contributed by atoms with Crippen molar-refractivity contribution in [3.63, 3.8) is 0 Å². The van der Waals surface area contributed by atoms with E-state index < -0.39 is 20.5 Å². The number of rotatable bonds is 25. The van der Waals surface area contributed by atoms with Crippen LogP contribution in [0.4, 0.5) is 0 Å². The van der Waals surface area contributed by atoms with Gasteiger partial charge in [0.05, 0.1) is 27.2 Å². The van der Waals surface area contributed by atoms with Crippen LogP contribution < -0.4 is 5.32 Å². The molecule has 0 aliphatic heterocycles. The number of nitrogens with one attached hydrogen (secondary N) is 1. The summed E-state index contributed by atoms with van der Waals surface area (Å²) in [4.78, 5) is 29.4. The first-order valence-electron chi connectivity index (χ1n) is 14.0. The minimum absolute atomic E-state index is 0.0973. The smallest absolute Gasteiger partial charge is 0.385 e. The average molecular weight is 524 g/mol. The van der Waals surface area contributed by atoms with Gasteiger partial charge in [0.1, 0.15) is 12.6 Å². The van der Waals surface area contributed by atoms with Crippen molar-refractivity contribution in [2.24, 2.45) is 0 Å². The lowest BCUT2D eigenvalue weighted by Crippen LogP contribution is -2.47. The molecular weight excluding hydrogens is 467 g/mol. The number of hydrogen-bond acceptors (Lipinski definition) is 4. The first-order valence-corrected chi connectivity index (χ1v) is 15.6. The molecule has 1 atom stereocenters. The molecular formula is C26H56N2O6P+. The average Bonchev–Trinajstić information content (AvgIpc) is 2.77. The lowest BCUT2D eigenvalue weighted by Gasteiger charge is -2.31. The van der Waals surface area contributed by atoms with Crippen LogP contribution >= 0.6 is 7.82 Å². The lowest BCUT2D eigenvalue weighted by molar-refractivity contribution is -0.893. The summed E-state index contributed by atoms with van der Waals surface area (Å²) in [6.07, 6.45) is 20.1. The minimum atomic E-state index is -4.56. The number of nitrogens with zero attached hydrogens (tertiary/aromatic N) is 1. The number of quaternary nitrogens is 1. The zero-order valence-electron chi connectivity index (χ0n) is 22.9. The van der Waals surface area contributed by atoms with Crippen molar-refractivity contribution < 1.29 is 33.3 Å². The van der Waals surface area contributed by atoms with Gasteiger partial charge < -0.3 is 24.7 Å². The molecule has 35 heavy (non-hydrogen) atoms. The molecule has 0 rings (SSSR count). The molecule has 0 spiro atoms. The number of carbonyl (C=O) groups excluding carboxylic acids is 1. The molecule has 0 aliphatic rings. The van der Waals surface area contributed by atoms with Gasteiger partial charge in [-0.25, -0.2) is 4.57 Å². The van der Waals surface area contributed by atoms with Gasteiger partial charge in [-0.05, 0) is 6.42 Å².